The Hall–Kier alpha value is -1.80. The highest BCUT2D eigenvalue weighted by Gasteiger charge is 2.68. The van der Waals surface area contributed by atoms with Crippen LogP contribution in [0, 0.1) is 0 Å². The standard InChI is InChI=1S/C8H7F5O8S/c1-2-4(14)21-7(5(15)16,8(11,12)13)20-3-6(9,10)22(17,18)19/h2H,1,3H2,(H,15,16)(H,17,18,19). The van der Waals surface area contributed by atoms with Gasteiger partial charge in [0, 0.05) is 6.08 Å². The van der Waals surface area contributed by atoms with Gasteiger partial charge in [-0.2, -0.15) is 30.4 Å². The van der Waals surface area contributed by atoms with Crippen molar-refractivity contribution in [2.24, 2.45) is 0 Å². The molecule has 0 spiro atoms. The third-order valence-electron chi connectivity index (χ3n) is 1.89. The van der Waals surface area contributed by atoms with Gasteiger partial charge in [0.1, 0.15) is 6.61 Å². The van der Waals surface area contributed by atoms with Crippen LogP contribution in [0.2, 0.25) is 0 Å². The summed E-state index contributed by atoms with van der Waals surface area (Å²) in [7, 11) is -6.21. The van der Waals surface area contributed by atoms with Crippen molar-refractivity contribution in [3.8, 4) is 0 Å². The van der Waals surface area contributed by atoms with E-state index < -0.39 is 45.9 Å². The monoisotopic (exact) mass is 358 g/mol. The van der Waals surface area contributed by atoms with Crippen molar-refractivity contribution in [2.75, 3.05) is 6.61 Å². The van der Waals surface area contributed by atoms with E-state index in [2.05, 4.69) is 16.1 Å². The SMILES string of the molecule is C=CC(=O)OC(OCC(F)(F)S(=O)(=O)O)(C(=O)O)C(F)(F)F. The van der Waals surface area contributed by atoms with Crippen LogP contribution in [0.1, 0.15) is 0 Å². The topological polar surface area (TPSA) is 127 Å². The minimum Gasteiger partial charge on any atom is -0.476 e. The minimum atomic E-state index is -6.21. The molecule has 0 aromatic rings. The average Bonchev–Trinajstić information content (AvgIpc) is 2.30. The Bertz CT molecular complexity index is 568. The number of esters is 1. The number of carbonyl (C=O) groups excluding carboxylic acids is 1. The molecule has 22 heavy (non-hydrogen) atoms. The highest BCUT2D eigenvalue weighted by molar-refractivity contribution is 7.86. The summed E-state index contributed by atoms with van der Waals surface area (Å²) in [6.07, 6.45) is -5.99. The van der Waals surface area contributed by atoms with Crippen LogP contribution in [0.15, 0.2) is 12.7 Å². The number of hydrogen-bond donors (Lipinski definition) is 2. The van der Waals surface area contributed by atoms with Gasteiger partial charge < -0.3 is 14.6 Å². The quantitative estimate of drug-likeness (QED) is 0.222. The number of rotatable bonds is 7. The minimum absolute atomic E-state index is 0.0771. The Morgan fingerprint density at radius 2 is 1.64 bits per heavy atom. The van der Waals surface area contributed by atoms with Gasteiger partial charge in [-0.05, 0) is 0 Å². The van der Waals surface area contributed by atoms with E-state index >= 15 is 0 Å². The van der Waals surface area contributed by atoms with Crippen molar-refractivity contribution in [2.45, 2.75) is 17.2 Å². The van der Waals surface area contributed by atoms with E-state index in [9.17, 15) is 40.0 Å². The highest BCUT2D eigenvalue weighted by atomic mass is 32.2. The molecule has 128 valence electrons. The van der Waals surface area contributed by atoms with Crippen LogP contribution >= 0.6 is 0 Å². The molecule has 0 heterocycles. The fourth-order valence-corrected chi connectivity index (χ4v) is 1.05. The van der Waals surface area contributed by atoms with Crippen LogP contribution < -0.4 is 0 Å². The number of hydrogen-bond acceptors (Lipinski definition) is 6. The largest absolute Gasteiger partial charge is 0.476 e. The molecule has 1 unspecified atom stereocenters. The van der Waals surface area contributed by atoms with Crippen LogP contribution in [0.4, 0.5) is 22.0 Å². The predicted molar refractivity (Wildman–Crippen MR) is 55.2 cm³/mol. The van der Waals surface area contributed by atoms with E-state index in [0.29, 0.717) is 0 Å². The molecule has 0 amide bonds. The van der Waals surface area contributed by atoms with Crippen LogP contribution in [-0.4, -0.2) is 53.8 Å². The van der Waals surface area contributed by atoms with Crippen LogP contribution in [-0.2, 0) is 29.2 Å². The molecule has 14 heteroatoms. The molecule has 0 aromatic carbocycles. The van der Waals surface area contributed by atoms with E-state index in [-0.39, 0.29) is 6.08 Å². The Morgan fingerprint density at radius 3 is 1.91 bits per heavy atom. The van der Waals surface area contributed by atoms with E-state index in [1.54, 1.807) is 0 Å². The summed E-state index contributed by atoms with van der Waals surface area (Å²) in [5, 5.41) is 3.20. The molecule has 1 atom stereocenters. The van der Waals surface area contributed by atoms with E-state index in [1.807, 2.05) is 0 Å². The van der Waals surface area contributed by atoms with Gasteiger partial charge in [0.25, 0.3) is 0 Å². The second-order valence-electron chi connectivity index (χ2n) is 3.45. The Labute approximate surface area is 118 Å². The second-order valence-corrected chi connectivity index (χ2v) is 4.99. The van der Waals surface area contributed by atoms with E-state index in [4.69, 9.17) is 9.66 Å². The lowest BCUT2D eigenvalue weighted by Crippen LogP contribution is -2.58. The smallest absolute Gasteiger partial charge is 0.468 e. The third kappa shape index (κ3) is 4.11. The van der Waals surface area contributed by atoms with Gasteiger partial charge in [0.05, 0.1) is 0 Å². The van der Waals surface area contributed by atoms with E-state index in [0.717, 1.165) is 0 Å². The zero-order valence-electron chi connectivity index (χ0n) is 10.1. The fourth-order valence-electron chi connectivity index (χ4n) is 0.839. The van der Waals surface area contributed by atoms with Gasteiger partial charge in [-0.15, -0.1) is 0 Å². The molecule has 8 nitrogen and oxygen atoms in total. The lowest BCUT2D eigenvalue weighted by atomic mass is 10.2. The number of ether oxygens (including phenoxy) is 2. The summed E-state index contributed by atoms with van der Waals surface area (Å²) in [6, 6.07) is 0. The molecule has 0 aliphatic rings. The lowest BCUT2D eigenvalue weighted by Gasteiger charge is -2.31. The first-order valence-corrected chi connectivity index (χ1v) is 6.19. The molecule has 0 rings (SSSR count). The third-order valence-corrected chi connectivity index (χ3v) is 2.76. The van der Waals surface area contributed by atoms with Crippen molar-refractivity contribution in [3.63, 3.8) is 0 Å². The zero-order valence-corrected chi connectivity index (χ0v) is 11.0. The van der Waals surface area contributed by atoms with Gasteiger partial charge in [-0.25, -0.2) is 9.59 Å². The normalized spacial score (nSPS) is 15.7. The Kier molecular flexibility index (Phi) is 5.63. The average molecular weight is 358 g/mol. The first kappa shape index (κ1) is 20.2. The van der Waals surface area contributed by atoms with Gasteiger partial charge in [-0.3, -0.25) is 4.55 Å². The summed E-state index contributed by atoms with van der Waals surface area (Å²) < 4.78 is 99.2. The first-order chi connectivity index (χ1) is 9.60. The first-order valence-electron chi connectivity index (χ1n) is 4.75. The Balaban J connectivity index is 5.75. The fraction of sp³-hybridized carbons (Fsp3) is 0.500. The number of alkyl halides is 5. The summed E-state index contributed by atoms with van der Waals surface area (Å²) in [5.74, 6) is -10.00. The molecular weight excluding hydrogens is 351 g/mol. The van der Waals surface area contributed by atoms with Crippen molar-refractivity contribution >= 4 is 22.1 Å². The summed E-state index contributed by atoms with van der Waals surface area (Å²) in [5.41, 5.74) is 0. The molecule has 0 saturated heterocycles. The number of aliphatic carboxylic acids is 1. The van der Waals surface area contributed by atoms with Gasteiger partial charge >= 0.3 is 39.3 Å². The lowest BCUT2D eigenvalue weighted by molar-refractivity contribution is -0.358. The molecule has 2 N–H and O–H groups in total. The second kappa shape index (κ2) is 6.13. The zero-order chi connectivity index (χ0) is 18.0. The van der Waals surface area contributed by atoms with Gasteiger partial charge in [0.2, 0.25) is 0 Å². The molecular formula is C8H7F5O8S. The molecule has 0 aliphatic heterocycles. The molecule has 0 saturated carbocycles. The maximum Gasteiger partial charge on any atom is 0.468 e. The number of carboxylic acids is 1. The maximum atomic E-state index is 12.8. The molecule has 0 aliphatic carbocycles. The van der Waals surface area contributed by atoms with Crippen molar-refractivity contribution in [1.29, 1.82) is 0 Å². The molecule has 0 bridgehead atoms. The molecule has 0 fully saturated rings. The molecule has 0 radical (unpaired) electrons. The summed E-state index contributed by atoms with van der Waals surface area (Å²) in [4.78, 5) is 21.4. The number of carboxylic acid groups (broad SMARTS) is 1. The predicted octanol–water partition coefficient (Wildman–Crippen LogP) is 0.556. The molecule has 0 aromatic heterocycles. The summed E-state index contributed by atoms with van der Waals surface area (Å²) in [6.45, 7) is -0.102. The Morgan fingerprint density at radius 1 is 1.18 bits per heavy atom. The van der Waals surface area contributed by atoms with Gasteiger partial charge in [0.15, 0.2) is 0 Å². The number of carbonyl (C=O) groups is 2. The van der Waals surface area contributed by atoms with Crippen LogP contribution in [0.3, 0.4) is 0 Å². The van der Waals surface area contributed by atoms with Crippen LogP contribution in [0.25, 0.3) is 0 Å². The van der Waals surface area contributed by atoms with Crippen molar-refractivity contribution in [3.05, 3.63) is 12.7 Å². The maximum absolute atomic E-state index is 12.8. The number of halogens is 5. The van der Waals surface area contributed by atoms with E-state index in [1.165, 1.54) is 0 Å². The van der Waals surface area contributed by atoms with Crippen molar-refractivity contribution in [1.82, 2.24) is 0 Å². The van der Waals surface area contributed by atoms with Gasteiger partial charge in [-0.1, -0.05) is 6.58 Å². The van der Waals surface area contributed by atoms with Crippen molar-refractivity contribution < 1.29 is 59.1 Å². The highest BCUT2D eigenvalue weighted by Crippen LogP contribution is 2.37. The summed E-state index contributed by atoms with van der Waals surface area (Å²) >= 11 is 0. The van der Waals surface area contributed by atoms with Crippen LogP contribution in [0.5, 0.6) is 0 Å².